The molecule has 0 unspecified atom stereocenters. The first-order chi connectivity index (χ1) is 14.7. The van der Waals surface area contributed by atoms with Crippen LogP contribution >= 0.6 is 23.2 Å². The fourth-order valence-corrected chi connectivity index (χ4v) is 3.75. The zero-order chi connectivity index (χ0) is 23.0. The summed E-state index contributed by atoms with van der Waals surface area (Å²) in [7, 11) is -2.31. The number of rotatable bonds is 10. The van der Waals surface area contributed by atoms with E-state index in [1.165, 1.54) is 31.5 Å². The Bertz CT molecular complexity index is 1090. The highest BCUT2D eigenvalue weighted by Crippen LogP contribution is 2.33. The van der Waals surface area contributed by atoms with Gasteiger partial charge < -0.3 is 9.47 Å². The number of carbonyl (C=O) groups is 1. The average molecular weight is 486 g/mol. The van der Waals surface area contributed by atoms with Gasteiger partial charge in [-0.3, -0.25) is 9.10 Å². The molecule has 166 valence electrons. The van der Waals surface area contributed by atoms with E-state index in [2.05, 4.69) is 17.1 Å². The lowest BCUT2D eigenvalue weighted by atomic mass is 10.2. The minimum absolute atomic E-state index is 0.0248. The summed E-state index contributed by atoms with van der Waals surface area (Å²) in [5.41, 5.74) is 3.01. The van der Waals surface area contributed by atoms with Crippen LogP contribution in [0, 0.1) is 0 Å². The van der Waals surface area contributed by atoms with E-state index in [1.807, 2.05) is 0 Å². The van der Waals surface area contributed by atoms with Gasteiger partial charge in [-0.2, -0.15) is 5.10 Å². The van der Waals surface area contributed by atoms with Gasteiger partial charge in [-0.1, -0.05) is 41.9 Å². The van der Waals surface area contributed by atoms with Crippen molar-refractivity contribution in [1.82, 2.24) is 5.43 Å². The number of sulfonamides is 1. The van der Waals surface area contributed by atoms with Gasteiger partial charge in [0.05, 0.1) is 35.3 Å². The number of hydrogen-bond acceptors (Lipinski definition) is 6. The Labute approximate surface area is 191 Å². The molecule has 0 fully saturated rings. The number of anilines is 1. The first kappa shape index (κ1) is 24.5. The van der Waals surface area contributed by atoms with E-state index in [0.29, 0.717) is 23.7 Å². The van der Waals surface area contributed by atoms with Gasteiger partial charge in [-0.15, -0.1) is 0 Å². The number of methoxy groups -OCH3 is 1. The van der Waals surface area contributed by atoms with Crippen LogP contribution in [-0.2, 0) is 14.8 Å². The van der Waals surface area contributed by atoms with Crippen molar-refractivity contribution in [1.29, 1.82) is 0 Å². The standard InChI is InChI=1S/C20H21Cl2N3O5S/c1-4-10-30-17-9-8-14(11-18(17)29-2)12-23-24-19(26)13-25(31(3,27)28)16-7-5-6-15(21)20(16)22/h4-9,11-12H,1,10,13H2,2-3H3,(H,24,26)/b23-12-. The summed E-state index contributed by atoms with van der Waals surface area (Å²) in [6.45, 7) is 3.38. The molecule has 8 nitrogen and oxygen atoms in total. The van der Waals surface area contributed by atoms with Gasteiger partial charge in [0.2, 0.25) is 10.0 Å². The topological polar surface area (TPSA) is 97.3 Å². The van der Waals surface area contributed by atoms with Crippen molar-refractivity contribution in [3.8, 4) is 11.5 Å². The van der Waals surface area contributed by atoms with Crippen molar-refractivity contribution >= 4 is 51.0 Å². The van der Waals surface area contributed by atoms with Crippen molar-refractivity contribution in [2.45, 2.75) is 0 Å². The summed E-state index contributed by atoms with van der Waals surface area (Å²) in [5, 5.41) is 4.05. The summed E-state index contributed by atoms with van der Waals surface area (Å²) in [4.78, 5) is 12.3. The Kier molecular flexibility index (Phi) is 8.73. The predicted octanol–water partition coefficient (Wildman–Crippen LogP) is 3.48. The number of hydrogen-bond donors (Lipinski definition) is 1. The number of ether oxygens (including phenoxy) is 2. The summed E-state index contributed by atoms with van der Waals surface area (Å²) in [6, 6.07) is 9.58. The number of carbonyl (C=O) groups excluding carboxylic acids is 1. The molecule has 1 amide bonds. The second kappa shape index (κ2) is 11.0. The smallest absolute Gasteiger partial charge is 0.260 e. The summed E-state index contributed by atoms with van der Waals surface area (Å²) >= 11 is 12.1. The Morgan fingerprint density at radius 2 is 2.00 bits per heavy atom. The Morgan fingerprint density at radius 3 is 2.65 bits per heavy atom. The maximum Gasteiger partial charge on any atom is 0.260 e. The second-order valence-corrected chi connectivity index (χ2v) is 8.84. The van der Waals surface area contributed by atoms with Gasteiger partial charge in [0.1, 0.15) is 13.2 Å². The van der Waals surface area contributed by atoms with Crippen molar-refractivity contribution in [2.75, 3.05) is 30.8 Å². The molecule has 11 heteroatoms. The number of nitrogens with one attached hydrogen (secondary N) is 1. The molecule has 0 atom stereocenters. The number of halogens is 2. The first-order valence-corrected chi connectivity index (χ1v) is 11.4. The minimum atomic E-state index is -3.81. The second-order valence-electron chi connectivity index (χ2n) is 6.15. The third kappa shape index (κ3) is 6.88. The molecular formula is C20H21Cl2N3O5S. The lowest BCUT2D eigenvalue weighted by Crippen LogP contribution is -2.39. The molecule has 0 heterocycles. The molecular weight excluding hydrogens is 465 g/mol. The van der Waals surface area contributed by atoms with E-state index in [4.69, 9.17) is 32.7 Å². The monoisotopic (exact) mass is 485 g/mol. The van der Waals surface area contributed by atoms with Crippen LogP contribution in [0.2, 0.25) is 10.0 Å². The fraction of sp³-hybridized carbons (Fsp3) is 0.200. The van der Waals surface area contributed by atoms with Crippen LogP contribution in [0.3, 0.4) is 0 Å². The SMILES string of the molecule is C=CCOc1ccc(/C=N\NC(=O)CN(c2cccc(Cl)c2Cl)S(C)(=O)=O)cc1OC. The summed E-state index contributed by atoms with van der Waals surface area (Å²) < 4.78 is 35.9. The Morgan fingerprint density at radius 1 is 1.26 bits per heavy atom. The van der Waals surface area contributed by atoms with E-state index >= 15 is 0 Å². The molecule has 0 aliphatic rings. The largest absolute Gasteiger partial charge is 0.493 e. The lowest BCUT2D eigenvalue weighted by molar-refractivity contribution is -0.119. The molecule has 0 spiro atoms. The van der Waals surface area contributed by atoms with Crippen LogP contribution in [0.4, 0.5) is 5.69 Å². The van der Waals surface area contributed by atoms with E-state index in [0.717, 1.165) is 10.6 Å². The molecule has 2 aromatic rings. The van der Waals surface area contributed by atoms with Gasteiger partial charge >= 0.3 is 0 Å². The number of hydrazone groups is 1. The Balaban J connectivity index is 2.11. The Hall–Kier alpha value is -2.75. The molecule has 0 saturated carbocycles. The molecule has 1 N–H and O–H groups in total. The third-order valence-electron chi connectivity index (χ3n) is 3.83. The molecule has 31 heavy (non-hydrogen) atoms. The maximum absolute atomic E-state index is 12.3. The molecule has 0 aliphatic heterocycles. The van der Waals surface area contributed by atoms with Crippen molar-refractivity contribution in [3.63, 3.8) is 0 Å². The predicted molar refractivity (Wildman–Crippen MR) is 123 cm³/mol. The normalized spacial score (nSPS) is 11.2. The molecule has 0 aliphatic carbocycles. The van der Waals surface area contributed by atoms with Crippen molar-refractivity contribution in [3.05, 3.63) is 64.7 Å². The van der Waals surface area contributed by atoms with Crippen LogP contribution in [0.15, 0.2) is 54.2 Å². The summed E-state index contributed by atoms with van der Waals surface area (Å²) in [6.07, 6.45) is 3.96. The third-order valence-corrected chi connectivity index (χ3v) is 5.77. The van der Waals surface area contributed by atoms with Gasteiger partial charge in [-0.05, 0) is 35.9 Å². The number of benzene rings is 2. The van der Waals surface area contributed by atoms with Crippen LogP contribution in [0.1, 0.15) is 5.56 Å². The van der Waals surface area contributed by atoms with Gasteiger partial charge in [0, 0.05) is 0 Å². The number of nitrogens with zero attached hydrogens (tertiary/aromatic N) is 2. The lowest BCUT2D eigenvalue weighted by Gasteiger charge is -2.22. The molecule has 0 radical (unpaired) electrons. The molecule has 0 aromatic heterocycles. The molecule has 2 aromatic carbocycles. The minimum Gasteiger partial charge on any atom is -0.493 e. The quantitative estimate of drug-likeness (QED) is 0.315. The van der Waals surface area contributed by atoms with E-state index in [-0.39, 0.29) is 15.7 Å². The van der Waals surface area contributed by atoms with E-state index < -0.39 is 22.5 Å². The summed E-state index contributed by atoms with van der Waals surface area (Å²) in [5.74, 6) is 0.345. The zero-order valence-corrected chi connectivity index (χ0v) is 19.2. The van der Waals surface area contributed by atoms with Crippen LogP contribution in [0.5, 0.6) is 11.5 Å². The van der Waals surface area contributed by atoms with Crippen LogP contribution in [0.25, 0.3) is 0 Å². The highest BCUT2D eigenvalue weighted by atomic mass is 35.5. The van der Waals surface area contributed by atoms with Gasteiger partial charge in [0.25, 0.3) is 5.91 Å². The zero-order valence-electron chi connectivity index (χ0n) is 16.8. The molecule has 2 rings (SSSR count). The highest BCUT2D eigenvalue weighted by molar-refractivity contribution is 7.92. The van der Waals surface area contributed by atoms with Crippen molar-refractivity contribution < 1.29 is 22.7 Å². The van der Waals surface area contributed by atoms with Crippen LogP contribution < -0.4 is 19.2 Å². The maximum atomic E-state index is 12.3. The first-order valence-electron chi connectivity index (χ1n) is 8.82. The van der Waals surface area contributed by atoms with Crippen molar-refractivity contribution in [2.24, 2.45) is 5.10 Å². The van der Waals surface area contributed by atoms with Gasteiger partial charge in [0.15, 0.2) is 11.5 Å². The fourth-order valence-electron chi connectivity index (χ4n) is 2.44. The number of amides is 1. The van der Waals surface area contributed by atoms with E-state index in [1.54, 1.807) is 24.3 Å². The highest BCUT2D eigenvalue weighted by Gasteiger charge is 2.23. The molecule has 0 saturated heterocycles. The van der Waals surface area contributed by atoms with Crippen LogP contribution in [-0.4, -0.2) is 47.1 Å². The van der Waals surface area contributed by atoms with Gasteiger partial charge in [-0.25, -0.2) is 13.8 Å². The average Bonchev–Trinajstić information content (AvgIpc) is 2.72. The van der Waals surface area contributed by atoms with E-state index in [9.17, 15) is 13.2 Å². The molecule has 0 bridgehead atoms.